The predicted molar refractivity (Wildman–Crippen MR) is 99.7 cm³/mol. The molecule has 0 spiro atoms. The standard InChI is InChI=1S/C21H32O3/c1-3-4-5-6-7-8-9-13-19(22)14-11-10-12-18-15-16-20(23)21(17-18)24-2/h11,14-17,23H,3-10,12-13H2,1-2H3. The molecule has 1 N–H and O–H groups in total. The summed E-state index contributed by atoms with van der Waals surface area (Å²) < 4.78 is 5.09. The molecule has 0 saturated carbocycles. The zero-order valence-corrected chi connectivity index (χ0v) is 15.2. The highest BCUT2D eigenvalue weighted by Crippen LogP contribution is 2.26. The van der Waals surface area contributed by atoms with Gasteiger partial charge in [0.15, 0.2) is 17.3 Å². The van der Waals surface area contributed by atoms with Gasteiger partial charge < -0.3 is 9.84 Å². The number of rotatable bonds is 13. The molecule has 0 aliphatic carbocycles. The van der Waals surface area contributed by atoms with Gasteiger partial charge in [-0.25, -0.2) is 0 Å². The fraction of sp³-hybridized carbons (Fsp3) is 0.571. The number of unbranched alkanes of at least 4 members (excludes halogenated alkanes) is 6. The minimum Gasteiger partial charge on any atom is -0.504 e. The quantitative estimate of drug-likeness (QED) is 0.378. The number of carbonyl (C=O) groups excluding carboxylic acids is 1. The third kappa shape index (κ3) is 8.76. The number of allylic oxidation sites excluding steroid dienone is 2. The van der Waals surface area contributed by atoms with E-state index in [2.05, 4.69) is 6.92 Å². The second kappa shape index (κ2) is 12.6. The van der Waals surface area contributed by atoms with Crippen molar-refractivity contribution in [3.8, 4) is 11.5 Å². The Balaban J connectivity index is 2.14. The number of phenols is 1. The number of aromatic hydroxyl groups is 1. The molecule has 1 aromatic rings. The van der Waals surface area contributed by atoms with E-state index in [1.807, 2.05) is 18.2 Å². The van der Waals surface area contributed by atoms with E-state index in [4.69, 9.17) is 4.74 Å². The maximum absolute atomic E-state index is 11.8. The van der Waals surface area contributed by atoms with Crippen LogP contribution in [0.4, 0.5) is 0 Å². The third-order valence-corrected chi connectivity index (χ3v) is 4.17. The maximum Gasteiger partial charge on any atom is 0.160 e. The zero-order valence-electron chi connectivity index (χ0n) is 15.2. The molecule has 0 amide bonds. The van der Waals surface area contributed by atoms with Crippen LogP contribution in [0.2, 0.25) is 0 Å². The van der Waals surface area contributed by atoms with Crippen molar-refractivity contribution in [3.05, 3.63) is 35.9 Å². The van der Waals surface area contributed by atoms with E-state index in [-0.39, 0.29) is 11.5 Å². The molecule has 0 atom stereocenters. The first kappa shape index (κ1) is 20.3. The van der Waals surface area contributed by atoms with E-state index < -0.39 is 0 Å². The Morgan fingerprint density at radius 3 is 2.54 bits per heavy atom. The van der Waals surface area contributed by atoms with Crippen LogP contribution in [0, 0.1) is 0 Å². The van der Waals surface area contributed by atoms with Gasteiger partial charge in [0, 0.05) is 6.42 Å². The van der Waals surface area contributed by atoms with E-state index in [0.717, 1.165) is 31.2 Å². The fourth-order valence-electron chi connectivity index (χ4n) is 2.68. The fourth-order valence-corrected chi connectivity index (χ4v) is 2.68. The van der Waals surface area contributed by atoms with Crippen LogP contribution in [0.5, 0.6) is 11.5 Å². The molecule has 3 heteroatoms. The smallest absolute Gasteiger partial charge is 0.160 e. The summed E-state index contributed by atoms with van der Waals surface area (Å²) in [5, 5.41) is 9.56. The lowest BCUT2D eigenvalue weighted by molar-refractivity contribution is -0.114. The molecule has 3 nitrogen and oxygen atoms in total. The topological polar surface area (TPSA) is 46.5 Å². The summed E-state index contributed by atoms with van der Waals surface area (Å²) in [4.78, 5) is 11.8. The lowest BCUT2D eigenvalue weighted by Crippen LogP contribution is -1.93. The molecule has 0 fully saturated rings. The van der Waals surface area contributed by atoms with Crippen molar-refractivity contribution >= 4 is 5.78 Å². The second-order valence-electron chi connectivity index (χ2n) is 6.28. The van der Waals surface area contributed by atoms with Crippen molar-refractivity contribution in [2.45, 2.75) is 71.1 Å². The largest absolute Gasteiger partial charge is 0.504 e. The molecule has 0 saturated heterocycles. The average molecular weight is 332 g/mol. The van der Waals surface area contributed by atoms with Gasteiger partial charge in [-0.05, 0) is 43.0 Å². The molecule has 1 aromatic carbocycles. The third-order valence-electron chi connectivity index (χ3n) is 4.17. The van der Waals surface area contributed by atoms with Gasteiger partial charge in [-0.15, -0.1) is 0 Å². The number of ketones is 1. The molecule has 24 heavy (non-hydrogen) atoms. The molecule has 0 radical (unpaired) electrons. The number of phenolic OH excluding ortho intramolecular Hbond substituents is 1. The van der Waals surface area contributed by atoms with Crippen LogP contribution >= 0.6 is 0 Å². The minimum atomic E-state index is 0.154. The first-order chi connectivity index (χ1) is 11.7. The molecule has 0 aliphatic rings. The van der Waals surface area contributed by atoms with Crippen LogP contribution in [0.15, 0.2) is 30.4 Å². The van der Waals surface area contributed by atoms with Crippen LogP contribution in [0.25, 0.3) is 0 Å². The van der Waals surface area contributed by atoms with Crippen LogP contribution < -0.4 is 4.74 Å². The number of carbonyl (C=O) groups is 1. The Hall–Kier alpha value is -1.77. The van der Waals surface area contributed by atoms with Crippen molar-refractivity contribution in [1.82, 2.24) is 0 Å². The summed E-state index contributed by atoms with van der Waals surface area (Å²) in [7, 11) is 1.54. The predicted octanol–water partition coefficient (Wildman–Crippen LogP) is 5.60. The van der Waals surface area contributed by atoms with Crippen molar-refractivity contribution in [2.24, 2.45) is 0 Å². The molecule has 1 rings (SSSR count). The number of benzene rings is 1. The Morgan fingerprint density at radius 2 is 1.83 bits per heavy atom. The highest BCUT2D eigenvalue weighted by Gasteiger charge is 2.02. The lowest BCUT2D eigenvalue weighted by atomic mass is 10.1. The number of aryl methyl sites for hydroxylation is 1. The van der Waals surface area contributed by atoms with Gasteiger partial charge in [0.25, 0.3) is 0 Å². The molecule has 0 aromatic heterocycles. The normalized spacial score (nSPS) is 11.1. The first-order valence-electron chi connectivity index (χ1n) is 9.22. The molecule has 0 heterocycles. The average Bonchev–Trinajstić information content (AvgIpc) is 2.59. The second-order valence-corrected chi connectivity index (χ2v) is 6.28. The molecule has 0 aliphatic heterocycles. The van der Waals surface area contributed by atoms with E-state index in [9.17, 15) is 9.90 Å². The number of hydrogen-bond donors (Lipinski definition) is 1. The van der Waals surface area contributed by atoms with E-state index in [0.29, 0.717) is 12.2 Å². The Labute approximate surface area is 146 Å². The summed E-state index contributed by atoms with van der Waals surface area (Å²) in [6.07, 6.45) is 14.6. The van der Waals surface area contributed by atoms with Crippen molar-refractivity contribution in [1.29, 1.82) is 0 Å². The van der Waals surface area contributed by atoms with Gasteiger partial charge in [0.2, 0.25) is 0 Å². The van der Waals surface area contributed by atoms with E-state index in [1.165, 1.54) is 32.1 Å². The highest BCUT2D eigenvalue weighted by molar-refractivity contribution is 5.89. The van der Waals surface area contributed by atoms with Crippen molar-refractivity contribution in [3.63, 3.8) is 0 Å². The molecular formula is C21H32O3. The highest BCUT2D eigenvalue weighted by atomic mass is 16.5. The van der Waals surface area contributed by atoms with Crippen LogP contribution in [0.1, 0.15) is 70.3 Å². The molecule has 134 valence electrons. The summed E-state index contributed by atoms with van der Waals surface area (Å²) >= 11 is 0. The van der Waals surface area contributed by atoms with Crippen LogP contribution in [-0.4, -0.2) is 18.0 Å². The lowest BCUT2D eigenvalue weighted by Gasteiger charge is -2.05. The zero-order chi connectivity index (χ0) is 17.6. The molecular weight excluding hydrogens is 300 g/mol. The number of ether oxygens (including phenoxy) is 1. The monoisotopic (exact) mass is 332 g/mol. The molecule has 0 unspecified atom stereocenters. The maximum atomic E-state index is 11.8. The van der Waals surface area contributed by atoms with Crippen LogP contribution in [0.3, 0.4) is 0 Å². The molecule has 0 bridgehead atoms. The van der Waals surface area contributed by atoms with Gasteiger partial charge in [0.1, 0.15) is 0 Å². The van der Waals surface area contributed by atoms with Crippen molar-refractivity contribution < 1.29 is 14.6 Å². The van der Waals surface area contributed by atoms with Gasteiger partial charge >= 0.3 is 0 Å². The number of hydrogen-bond acceptors (Lipinski definition) is 3. The Kier molecular flexibility index (Phi) is 10.7. The summed E-state index contributed by atoms with van der Waals surface area (Å²) in [6.45, 7) is 2.23. The summed E-state index contributed by atoms with van der Waals surface area (Å²) in [5.74, 6) is 0.875. The SMILES string of the molecule is CCCCCCCCCC(=O)C=CCCc1ccc(O)c(OC)c1. The van der Waals surface area contributed by atoms with Gasteiger partial charge in [0.05, 0.1) is 7.11 Å². The first-order valence-corrected chi connectivity index (χ1v) is 9.22. The van der Waals surface area contributed by atoms with E-state index in [1.54, 1.807) is 19.3 Å². The Morgan fingerprint density at radius 1 is 1.12 bits per heavy atom. The van der Waals surface area contributed by atoms with Gasteiger partial charge in [-0.3, -0.25) is 4.79 Å². The van der Waals surface area contributed by atoms with Crippen LogP contribution in [-0.2, 0) is 11.2 Å². The summed E-state index contributed by atoms with van der Waals surface area (Å²) in [6, 6.07) is 5.36. The minimum absolute atomic E-state index is 0.154. The van der Waals surface area contributed by atoms with Crippen molar-refractivity contribution in [2.75, 3.05) is 7.11 Å². The Bertz CT molecular complexity index is 506. The van der Waals surface area contributed by atoms with Gasteiger partial charge in [-0.1, -0.05) is 57.6 Å². The number of methoxy groups -OCH3 is 1. The van der Waals surface area contributed by atoms with E-state index >= 15 is 0 Å². The summed E-state index contributed by atoms with van der Waals surface area (Å²) in [5.41, 5.74) is 1.09. The van der Waals surface area contributed by atoms with Gasteiger partial charge in [-0.2, -0.15) is 0 Å².